The highest BCUT2D eigenvalue weighted by Gasteiger charge is 2.10. The minimum atomic E-state index is -0.292. The van der Waals surface area contributed by atoms with Crippen LogP contribution in [0.25, 0.3) is 0 Å². The standard InChI is InChI=1S/C19H18FN3O2/c20-16-5-3-15(4-6-16)18(13-24)23-11-14-1-7-17(8-2-14)25-19-12-21-9-10-22-19/h1-10,12,18,23-24H,11,13H2. The van der Waals surface area contributed by atoms with Gasteiger partial charge in [0.1, 0.15) is 11.6 Å². The zero-order chi connectivity index (χ0) is 17.5. The predicted octanol–water partition coefficient (Wildman–Crippen LogP) is 3.23. The number of aliphatic hydroxyl groups excluding tert-OH is 1. The van der Waals surface area contributed by atoms with Crippen LogP contribution in [-0.4, -0.2) is 21.7 Å². The average Bonchev–Trinajstić information content (AvgIpc) is 2.66. The third-order valence-electron chi connectivity index (χ3n) is 3.69. The van der Waals surface area contributed by atoms with E-state index in [-0.39, 0.29) is 18.5 Å². The molecule has 25 heavy (non-hydrogen) atoms. The van der Waals surface area contributed by atoms with Gasteiger partial charge >= 0.3 is 0 Å². The summed E-state index contributed by atoms with van der Waals surface area (Å²) in [5.41, 5.74) is 1.87. The number of benzene rings is 2. The second-order valence-corrected chi connectivity index (χ2v) is 5.46. The molecule has 1 atom stereocenters. The van der Waals surface area contributed by atoms with Crippen LogP contribution in [0.1, 0.15) is 17.2 Å². The van der Waals surface area contributed by atoms with Crippen molar-refractivity contribution in [2.75, 3.05) is 6.61 Å². The normalized spacial score (nSPS) is 11.9. The van der Waals surface area contributed by atoms with Crippen molar-refractivity contribution in [1.29, 1.82) is 0 Å². The van der Waals surface area contributed by atoms with Crippen molar-refractivity contribution in [3.05, 3.63) is 84.1 Å². The first-order valence-corrected chi connectivity index (χ1v) is 7.87. The Morgan fingerprint density at radius 2 is 1.80 bits per heavy atom. The van der Waals surface area contributed by atoms with Gasteiger partial charge in [0.25, 0.3) is 0 Å². The van der Waals surface area contributed by atoms with Gasteiger partial charge in [-0.1, -0.05) is 24.3 Å². The fourth-order valence-electron chi connectivity index (χ4n) is 2.36. The lowest BCUT2D eigenvalue weighted by Gasteiger charge is -2.17. The Morgan fingerprint density at radius 3 is 2.44 bits per heavy atom. The molecule has 0 fully saturated rings. The number of hydrogen-bond acceptors (Lipinski definition) is 5. The van der Waals surface area contributed by atoms with Gasteiger partial charge in [0.15, 0.2) is 0 Å². The van der Waals surface area contributed by atoms with Crippen LogP contribution in [0.5, 0.6) is 11.6 Å². The maximum absolute atomic E-state index is 13.0. The second-order valence-electron chi connectivity index (χ2n) is 5.46. The molecule has 2 aromatic carbocycles. The van der Waals surface area contributed by atoms with E-state index in [9.17, 15) is 9.50 Å². The number of aromatic nitrogens is 2. The second kappa shape index (κ2) is 8.32. The first kappa shape index (κ1) is 17.0. The van der Waals surface area contributed by atoms with Gasteiger partial charge in [0.05, 0.1) is 18.8 Å². The van der Waals surface area contributed by atoms with Crippen LogP contribution in [0.4, 0.5) is 4.39 Å². The summed E-state index contributed by atoms with van der Waals surface area (Å²) in [4.78, 5) is 8.00. The van der Waals surface area contributed by atoms with E-state index in [1.165, 1.54) is 12.1 Å². The van der Waals surface area contributed by atoms with Crippen molar-refractivity contribution in [2.45, 2.75) is 12.6 Å². The van der Waals surface area contributed by atoms with Gasteiger partial charge in [-0.2, -0.15) is 0 Å². The fourth-order valence-corrected chi connectivity index (χ4v) is 2.36. The van der Waals surface area contributed by atoms with Crippen molar-refractivity contribution in [3.8, 4) is 11.6 Å². The van der Waals surface area contributed by atoms with Crippen molar-refractivity contribution < 1.29 is 14.2 Å². The van der Waals surface area contributed by atoms with Crippen molar-refractivity contribution in [1.82, 2.24) is 15.3 Å². The molecule has 0 bridgehead atoms. The van der Waals surface area contributed by atoms with E-state index < -0.39 is 0 Å². The molecule has 0 amide bonds. The van der Waals surface area contributed by atoms with E-state index in [1.807, 2.05) is 24.3 Å². The molecule has 0 aliphatic heterocycles. The highest BCUT2D eigenvalue weighted by atomic mass is 19.1. The van der Waals surface area contributed by atoms with Gasteiger partial charge in [-0.15, -0.1) is 0 Å². The highest BCUT2D eigenvalue weighted by Crippen LogP contribution is 2.19. The first-order valence-electron chi connectivity index (χ1n) is 7.87. The van der Waals surface area contributed by atoms with Gasteiger partial charge < -0.3 is 15.2 Å². The molecule has 0 spiro atoms. The van der Waals surface area contributed by atoms with Crippen LogP contribution in [0.3, 0.4) is 0 Å². The van der Waals surface area contributed by atoms with Crippen LogP contribution >= 0.6 is 0 Å². The van der Waals surface area contributed by atoms with Gasteiger partial charge in [0.2, 0.25) is 5.88 Å². The van der Waals surface area contributed by atoms with E-state index in [4.69, 9.17) is 4.74 Å². The molecule has 0 aliphatic carbocycles. The summed E-state index contributed by atoms with van der Waals surface area (Å²) in [5.74, 6) is 0.811. The average molecular weight is 339 g/mol. The van der Waals surface area contributed by atoms with Crippen LogP contribution in [0.2, 0.25) is 0 Å². The Bertz CT molecular complexity index is 780. The van der Waals surface area contributed by atoms with Gasteiger partial charge in [0, 0.05) is 18.9 Å². The molecule has 0 aliphatic rings. The fraction of sp³-hybridized carbons (Fsp3) is 0.158. The number of hydrogen-bond donors (Lipinski definition) is 2. The first-order chi connectivity index (χ1) is 12.2. The summed E-state index contributed by atoms with van der Waals surface area (Å²) in [6.07, 6.45) is 4.70. The molecule has 0 saturated heterocycles. The molecule has 6 heteroatoms. The topological polar surface area (TPSA) is 67.3 Å². The summed E-state index contributed by atoms with van der Waals surface area (Å²) < 4.78 is 18.6. The van der Waals surface area contributed by atoms with Crippen LogP contribution in [0, 0.1) is 5.82 Å². The van der Waals surface area contributed by atoms with E-state index in [2.05, 4.69) is 15.3 Å². The monoisotopic (exact) mass is 339 g/mol. The molecule has 2 N–H and O–H groups in total. The smallest absolute Gasteiger partial charge is 0.237 e. The molecular formula is C19H18FN3O2. The van der Waals surface area contributed by atoms with Crippen molar-refractivity contribution in [2.24, 2.45) is 0 Å². The SMILES string of the molecule is OCC(NCc1ccc(Oc2cnccn2)cc1)c1ccc(F)cc1. The summed E-state index contributed by atoms with van der Waals surface area (Å²) in [5, 5.41) is 12.8. The number of aliphatic hydroxyl groups is 1. The van der Waals surface area contributed by atoms with Gasteiger partial charge in [-0.25, -0.2) is 9.37 Å². The minimum Gasteiger partial charge on any atom is -0.438 e. The maximum atomic E-state index is 13.0. The van der Waals surface area contributed by atoms with E-state index in [0.717, 1.165) is 11.1 Å². The molecule has 1 heterocycles. The molecule has 0 radical (unpaired) electrons. The lowest BCUT2D eigenvalue weighted by atomic mass is 10.1. The van der Waals surface area contributed by atoms with Crippen LogP contribution < -0.4 is 10.1 Å². The Hall–Kier alpha value is -2.83. The Balaban J connectivity index is 1.58. The third-order valence-corrected chi connectivity index (χ3v) is 3.69. The number of ether oxygens (including phenoxy) is 1. The molecule has 128 valence electrons. The summed E-state index contributed by atoms with van der Waals surface area (Å²) in [6.45, 7) is 0.494. The van der Waals surface area contributed by atoms with Crippen LogP contribution in [0.15, 0.2) is 67.1 Å². The molecule has 1 aromatic heterocycles. The lowest BCUT2D eigenvalue weighted by Crippen LogP contribution is -2.23. The van der Waals surface area contributed by atoms with E-state index in [1.54, 1.807) is 30.7 Å². The van der Waals surface area contributed by atoms with Gasteiger partial charge in [-0.3, -0.25) is 4.98 Å². The molecule has 3 rings (SSSR count). The Labute approximate surface area is 145 Å². The van der Waals surface area contributed by atoms with Gasteiger partial charge in [-0.05, 0) is 35.4 Å². The largest absolute Gasteiger partial charge is 0.438 e. The zero-order valence-electron chi connectivity index (χ0n) is 13.5. The predicted molar refractivity (Wildman–Crippen MR) is 91.6 cm³/mol. The molecule has 5 nitrogen and oxygen atoms in total. The molecule has 1 unspecified atom stereocenters. The van der Waals surface area contributed by atoms with Crippen LogP contribution in [-0.2, 0) is 6.54 Å². The van der Waals surface area contributed by atoms with Crippen molar-refractivity contribution >= 4 is 0 Å². The third kappa shape index (κ3) is 4.82. The number of halogens is 1. The number of rotatable bonds is 7. The quantitative estimate of drug-likeness (QED) is 0.692. The Morgan fingerprint density at radius 1 is 1.04 bits per heavy atom. The zero-order valence-corrected chi connectivity index (χ0v) is 13.5. The minimum absolute atomic E-state index is 0.0699. The van der Waals surface area contributed by atoms with E-state index >= 15 is 0 Å². The molecular weight excluding hydrogens is 321 g/mol. The summed E-state index contributed by atoms with van der Waals surface area (Å²) in [6, 6.07) is 13.4. The highest BCUT2D eigenvalue weighted by molar-refractivity contribution is 5.30. The summed E-state index contributed by atoms with van der Waals surface area (Å²) in [7, 11) is 0. The van der Waals surface area contributed by atoms with Crippen molar-refractivity contribution in [3.63, 3.8) is 0 Å². The lowest BCUT2D eigenvalue weighted by molar-refractivity contribution is 0.243. The summed E-state index contributed by atoms with van der Waals surface area (Å²) >= 11 is 0. The van der Waals surface area contributed by atoms with E-state index in [0.29, 0.717) is 18.2 Å². The Kier molecular flexibility index (Phi) is 5.66. The maximum Gasteiger partial charge on any atom is 0.237 e. The molecule has 3 aromatic rings. The molecule has 0 saturated carbocycles. The number of nitrogens with one attached hydrogen (secondary N) is 1. The number of nitrogens with zero attached hydrogens (tertiary/aromatic N) is 2.